The van der Waals surface area contributed by atoms with Crippen molar-refractivity contribution in [2.24, 2.45) is 11.5 Å². The van der Waals surface area contributed by atoms with E-state index in [9.17, 15) is 0 Å². The Morgan fingerprint density at radius 2 is 1.59 bits per heavy atom. The summed E-state index contributed by atoms with van der Waals surface area (Å²) in [6, 6.07) is 18.7. The van der Waals surface area contributed by atoms with E-state index in [0.29, 0.717) is 6.54 Å². The summed E-state index contributed by atoms with van der Waals surface area (Å²) in [4.78, 5) is 0. The second-order valence-electron chi connectivity index (χ2n) is 4.18. The second kappa shape index (κ2) is 5.62. The molecule has 0 heterocycles. The summed E-state index contributed by atoms with van der Waals surface area (Å²) in [6.45, 7) is 0.622. The van der Waals surface area contributed by atoms with Crippen LogP contribution in [0.5, 0.6) is 0 Å². The summed E-state index contributed by atoms with van der Waals surface area (Å²) in [6.07, 6.45) is 0.818. The van der Waals surface area contributed by atoms with Gasteiger partial charge in [-0.25, -0.2) is 0 Å². The van der Waals surface area contributed by atoms with Crippen molar-refractivity contribution in [2.45, 2.75) is 12.5 Å². The molecule has 2 rings (SSSR count). The molecule has 0 fully saturated rings. The fourth-order valence-corrected chi connectivity index (χ4v) is 1.93. The van der Waals surface area contributed by atoms with Gasteiger partial charge in [0.1, 0.15) is 0 Å². The molecule has 1 atom stereocenters. The van der Waals surface area contributed by atoms with Gasteiger partial charge in [0.2, 0.25) is 0 Å². The van der Waals surface area contributed by atoms with Gasteiger partial charge in [0.25, 0.3) is 0 Å². The van der Waals surface area contributed by atoms with E-state index >= 15 is 0 Å². The minimum atomic E-state index is 0.0312. The highest BCUT2D eigenvalue weighted by Gasteiger charge is 2.05. The van der Waals surface area contributed by atoms with Crippen LogP contribution >= 0.6 is 0 Å². The van der Waals surface area contributed by atoms with Gasteiger partial charge >= 0.3 is 0 Å². The Balaban J connectivity index is 2.29. The van der Waals surface area contributed by atoms with Gasteiger partial charge in [-0.05, 0) is 35.7 Å². The third-order valence-corrected chi connectivity index (χ3v) is 2.90. The first-order valence-corrected chi connectivity index (χ1v) is 5.92. The van der Waals surface area contributed by atoms with Gasteiger partial charge in [0, 0.05) is 6.04 Å². The monoisotopic (exact) mass is 226 g/mol. The van der Waals surface area contributed by atoms with Crippen molar-refractivity contribution < 1.29 is 0 Å². The Bertz CT molecular complexity index is 465. The minimum Gasteiger partial charge on any atom is -0.330 e. The molecule has 2 aromatic rings. The van der Waals surface area contributed by atoms with Crippen LogP contribution in [0.1, 0.15) is 18.0 Å². The molecule has 0 radical (unpaired) electrons. The van der Waals surface area contributed by atoms with Crippen molar-refractivity contribution in [3.05, 3.63) is 60.2 Å². The number of nitrogens with two attached hydrogens (primary N) is 2. The predicted octanol–water partition coefficient (Wildman–Crippen LogP) is 2.70. The lowest BCUT2D eigenvalue weighted by Crippen LogP contribution is -2.15. The molecule has 0 saturated heterocycles. The van der Waals surface area contributed by atoms with Gasteiger partial charge in [0.05, 0.1) is 0 Å². The van der Waals surface area contributed by atoms with Gasteiger partial charge < -0.3 is 11.5 Å². The van der Waals surface area contributed by atoms with Crippen molar-refractivity contribution >= 4 is 0 Å². The van der Waals surface area contributed by atoms with Gasteiger partial charge in [-0.1, -0.05) is 48.5 Å². The Morgan fingerprint density at radius 1 is 0.882 bits per heavy atom. The predicted molar refractivity (Wildman–Crippen MR) is 72.5 cm³/mol. The summed E-state index contributed by atoms with van der Waals surface area (Å²) in [7, 11) is 0. The first-order chi connectivity index (χ1) is 8.31. The maximum atomic E-state index is 6.07. The quantitative estimate of drug-likeness (QED) is 0.842. The van der Waals surface area contributed by atoms with Crippen LogP contribution in [0.2, 0.25) is 0 Å². The lowest BCUT2D eigenvalue weighted by atomic mass is 9.98. The molecule has 0 aromatic heterocycles. The largest absolute Gasteiger partial charge is 0.330 e. The average Bonchev–Trinajstić information content (AvgIpc) is 2.40. The zero-order valence-electron chi connectivity index (χ0n) is 9.84. The fourth-order valence-electron chi connectivity index (χ4n) is 1.93. The van der Waals surface area contributed by atoms with E-state index in [1.165, 1.54) is 11.1 Å². The van der Waals surface area contributed by atoms with Gasteiger partial charge in [-0.2, -0.15) is 0 Å². The summed E-state index contributed by atoms with van der Waals surface area (Å²) in [5, 5.41) is 0. The number of hydrogen-bond acceptors (Lipinski definition) is 2. The van der Waals surface area contributed by atoms with Crippen molar-refractivity contribution in [2.75, 3.05) is 6.54 Å². The van der Waals surface area contributed by atoms with Gasteiger partial charge in [-0.15, -0.1) is 0 Å². The SMILES string of the molecule is NCC[C@@H](N)c1cccc(-c2ccccc2)c1. The van der Waals surface area contributed by atoms with Crippen LogP contribution in [0.25, 0.3) is 11.1 Å². The number of hydrogen-bond donors (Lipinski definition) is 2. The summed E-state index contributed by atoms with van der Waals surface area (Å²) in [5.41, 5.74) is 15.2. The third-order valence-electron chi connectivity index (χ3n) is 2.90. The summed E-state index contributed by atoms with van der Waals surface area (Å²) >= 11 is 0. The molecule has 0 amide bonds. The molecule has 17 heavy (non-hydrogen) atoms. The smallest absolute Gasteiger partial charge is 0.0307 e. The molecule has 0 aliphatic heterocycles. The van der Waals surface area contributed by atoms with Gasteiger partial charge in [-0.3, -0.25) is 0 Å². The van der Waals surface area contributed by atoms with E-state index in [1.807, 2.05) is 24.3 Å². The van der Waals surface area contributed by atoms with Crippen LogP contribution in [0.15, 0.2) is 54.6 Å². The molecule has 0 unspecified atom stereocenters. The molecule has 2 heteroatoms. The Morgan fingerprint density at radius 3 is 2.29 bits per heavy atom. The Labute approximate surface area is 102 Å². The molecule has 2 aromatic carbocycles. The highest BCUT2D eigenvalue weighted by molar-refractivity contribution is 5.64. The van der Waals surface area contributed by atoms with Crippen molar-refractivity contribution in [3.8, 4) is 11.1 Å². The standard InChI is InChI=1S/C15H18N2/c16-10-9-15(17)14-8-4-7-13(11-14)12-5-2-1-3-6-12/h1-8,11,15H,9-10,16-17H2/t15-/m1/s1. The summed E-state index contributed by atoms with van der Waals surface area (Å²) < 4.78 is 0. The van der Waals surface area contributed by atoms with Crippen LogP contribution in [-0.2, 0) is 0 Å². The maximum Gasteiger partial charge on any atom is 0.0307 e. The molecule has 0 spiro atoms. The zero-order valence-corrected chi connectivity index (χ0v) is 9.84. The maximum absolute atomic E-state index is 6.07. The molecule has 88 valence electrons. The fraction of sp³-hybridized carbons (Fsp3) is 0.200. The zero-order chi connectivity index (χ0) is 12.1. The normalized spacial score (nSPS) is 12.4. The van der Waals surface area contributed by atoms with E-state index in [0.717, 1.165) is 12.0 Å². The Hall–Kier alpha value is -1.64. The lowest BCUT2D eigenvalue weighted by molar-refractivity contribution is 0.661. The van der Waals surface area contributed by atoms with Crippen molar-refractivity contribution in [3.63, 3.8) is 0 Å². The minimum absolute atomic E-state index is 0.0312. The highest BCUT2D eigenvalue weighted by Crippen LogP contribution is 2.23. The van der Waals surface area contributed by atoms with Crippen LogP contribution in [0.4, 0.5) is 0 Å². The van der Waals surface area contributed by atoms with Gasteiger partial charge in [0.15, 0.2) is 0 Å². The van der Waals surface area contributed by atoms with E-state index in [2.05, 4.69) is 30.3 Å². The first-order valence-electron chi connectivity index (χ1n) is 5.92. The first kappa shape index (κ1) is 11.8. The average molecular weight is 226 g/mol. The summed E-state index contributed by atoms with van der Waals surface area (Å²) in [5.74, 6) is 0. The topological polar surface area (TPSA) is 52.0 Å². The molecule has 0 bridgehead atoms. The van der Waals surface area contributed by atoms with Crippen LogP contribution in [0, 0.1) is 0 Å². The van der Waals surface area contributed by atoms with Crippen LogP contribution < -0.4 is 11.5 Å². The number of rotatable bonds is 4. The molecular formula is C15H18N2. The van der Waals surface area contributed by atoms with E-state index < -0.39 is 0 Å². The number of benzene rings is 2. The second-order valence-corrected chi connectivity index (χ2v) is 4.18. The van der Waals surface area contributed by atoms with Crippen molar-refractivity contribution in [1.82, 2.24) is 0 Å². The highest BCUT2D eigenvalue weighted by atomic mass is 14.7. The molecule has 2 nitrogen and oxygen atoms in total. The van der Waals surface area contributed by atoms with Crippen LogP contribution in [0.3, 0.4) is 0 Å². The van der Waals surface area contributed by atoms with Crippen molar-refractivity contribution in [1.29, 1.82) is 0 Å². The van der Waals surface area contributed by atoms with E-state index in [-0.39, 0.29) is 6.04 Å². The third kappa shape index (κ3) is 2.93. The Kier molecular flexibility index (Phi) is 3.91. The van der Waals surface area contributed by atoms with E-state index in [4.69, 9.17) is 11.5 Å². The molecule has 0 aliphatic rings. The molecular weight excluding hydrogens is 208 g/mol. The molecule has 0 aliphatic carbocycles. The van der Waals surface area contributed by atoms with Crippen LogP contribution in [-0.4, -0.2) is 6.54 Å². The molecule has 4 N–H and O–H groups in total. The lowest BCUT2D eigenvalue weighted by Gasteiger charge is -2.12. The van der Waals surface area contributed by atoms with E-state index in [1.54, 1.807) is 0 Å². The molecule has 0 saturated carbocycles.